The molecule has 1 heterocycles. The molecule has 1 fully saturated rings. The smallest absolute Gasteiger partial charge is 0.333 e. The van der Waals surface area contributed by atoms with Gasteiger partial charge in [-0.3, -0.25) is 14.4 Å². The van der Waals surface area contributed by atoms with E-state index in [0.29, 0.717) is 5.06 Å². The van der Waals surface area contributed by atoms with Crippen LogP contribution in [0.1, 0.15) is 25.7 Å². The van der Waals surface area contributed by atoms with Gasteiger partial charge < -0.3 is 20.0 Å². The van der Waals surface area contributed by atoms with Crippen LogP contribution in [0.4, 0.5) is 0 Å². The summed E-state index contributed by atoms with van der Waals surface area (Å²) in [4.78, 5) is 49.5. The summed E-state index contributed by atoms with van der Waals surface area (Å²) in [6.45, 7) is 0.236. The van der Waals surface area contributed by atoms with Crippen molar-refractivity contribution >= 4 is 23.8 Å². The van der Waals surface area contributed by atoms with Gasteiger partial charge in [0.2, 0.25) is 0 Å². The van der Waals surface area contributed by atoms with Crippen LogP contribution >= 0.6 is 0 Å². The van der Waals surface area contributed by atoms with Gasteiger partial charge in [0.15, 0.2) is 0 Å². The van der Waals surface area contributed by atoms with E-state index >= 15 is 0 Å². The quantitative estimate of drug-likeness (QED) is 0.257. The SMILES string of the molecule is NCOCCOC(=O)CCC(=O)ON1C(=O)CCC1=O. The van der Waals surface area contributed by atoms with Gasteiger partial charge >= 0.3 is 11.9 Å². The van der Waals surface area contributed by atoms with Gasteiger partial charge in [0.05, 0.1) is 26.2 Å². The highest BCUT2D eigenvalue weighted by Gasteiger charge is 2.32. The predicted molar refractivity (Wildman–Crippen MR) is 62.4 cm³/mol. The van der Waals surface area contributed by atoms with Gasteiger partial charge in [-0.15, -0.1) is 5.06 Å². The molecule has 1 aliphatic heterocycles. The first-order valence-corrected chi connectivity index (χ1v) is 6.04. The highest BCUT2D eigenvalue weighted by atomic mass is 16.7. The van der Waals surface area contributed by atoms with Gasteiger partial charge in [0.1, 0.15) is 6.61 Å². The van der Waals surface area contributed by atoms with Gasteiger partial charge in [-0.05, 0) is 0 Å². The lowest BCUT2D eigenvalue weighted by molar-refractivity contribution is -0.197. The normalized spacial score (nSPS) is 14.6. The Morgan fingerprint density at radius 2 is 1.65 bits per heavy atom. The molecule has 0 spiro atoms. The van der Waals surface area contributed by atoms with Crippen molar-refractivity contribution in [2.24, 2.45) is 5.73 Å². The molecule has 9 heteroatoms. The standard InChI is InChI=1S/C11H16N2O7/c12-7-18-5-6-19-10(16)3-4-11(17)20-13-8(14)1-2-9(13)15/h1-7,12H2. The third kappa shape index (κ3) is 5.33. The Balaban J connectivity index is 2.18. The zero-order valence-corrected chi connectivity index (χ0v) is 10.8. The molecule has 0 atom stereocenters. The first kappa shape index (κ1) is 16.1. The average Bonchev–Trinajstić information content (AvgIpc) is 2.73. The molecule has 20 heavy (non-hydrogen) atoms. The van der Waals surface area contributed by atoms with Crippen LogP contribution < -0.4 is 5.73 Å². The summed E-state index contributed by atoms with van der Waals surface area (Å²) >= 11 is 0. The molecule has 0 radical (unpaired) electrons. The second-order valence-corrected chi connectivity index (χ2v) is 3.84. The fraction of sp³-hybridized carbons (Fsp3) is 0.636. The number of nitrogens with zero attached hydrogens (tertiary/aromatic N) is 1. The molecule has 1 aliphatic rings. The van der Waals surface area contributed by atoms with Crippen LogP contribution in [-0.2, 0) is 33.5 Å². The van der Waals surface area contributed by atoms with Gasteiger partial charge in [-0.25, -0.2) is 4.79 Å². The van der Waals surface area contributed by atoms with E-state index in [4.69, 9.17) is 15.2 Å². The van der Waals surface area contributed by atoms with Gasteiger partial charge in [0.25, 0.3) is 11.8 Å². The topological polar surface area (TPSA) is 125 Å². The molecular formula is C11H16N2O7. The number of hydrogen-bond acceptors (Lipinski definition) is 8. The summed E-state index contributed by atoms with van der Waals surface area (Å²) in [6, 6.07) is 0. The molecule has 0 unspecified atom stereocenters. The molecule has 0 aromatic carbocycles. The number of amides is 2. The van der Waals surface area contributed by atoms with Crippen molar-refractivity contribution in [3.63, 3.8) is 0 Å². The van der Waals surface area contributed by atoms with Crippen molar-refractivity contribution in [1.29, 1.82) is 0 Å². The monoisotopic (exact) mass is 288 g/mol. The predicted octanol–water partition coefficient (Wildman–Crippen LogP) is -1.15. The van der Waals surface area contributed by atoms with E-state index in [1.807, 2.05) is 0 Å². The van der Waals surface area contributed by atoms with Crippen LogP contribution in [0.5, 0.6) is 0 Å². The minimum atomic E-state index is -0.844. The highest BCUT2D eigenvalue weighted by Crippen LogP contribution is 2.12. The highest BCUT2D eigenvalue weighted by molar-refractivity contribution is 6.01. The van der Waals surface area contributed by atoms with Crippen molar-refractivity contribution < 1.29 is 33.5 Å². The molecule has 2 amide bonds. The first-order chi connectivity index (χ1) is 9.54. The van der Waals surface area contributed by atoms with E-state index in [9.17, 15) is 19.2 Å². The fourth-order valence-electron chi connectivity index (χ4n) is 1.38. The Bertz CT molecular complexity index is 380. The fourth-order valence-corrected chi connectivity index (χ4v) is 1.38. The Morgan fingerprint density at radius 3 is 2.25 bits per heavy atom. The van der Waals surface area contributed by atoms with Crippen molar-refractivity contribution in [3.05, 3.63) is 0 Å². The number of carbonyl (C=O) groups is 4. The molecule has 1 saturated heterocycles. The van der Waals surface area contributed by atoms with Crippen molar-refractivity contribution in [2.75, 3.05) is 19.9 Å². The maximum atomic E-state index is 11.4. The molecule has 112 valence electrons. The third-order valence-electron chi connectivity index (χ3n) is 2.34. The number of rotatable bonds is 8. The number of esters is 1. The summed E-state index contributed by atoms with van der Waals surface area (Å²) in [7, 11) is 0. The lowest BCUT2D eigenvalue weighted by Gasteiger charge is -2.12. The molecule has 0 saturated carbocycles. The maximum Gasteiger partial charge on any atom is 0.333 e. The molecule has 0 bridgehead atoms. The van der Waals surface area contributed by atoms with Crippen LogP contribution in [0.3, 0.4) is 0 Å². The van der Waals surface area contributed by atoms with E-state index in [0.717, 1.165) is 0 Å². The Morgan fingerprint density at radius 1 is 1.05 bits per heavy atom. The number of imide groups is 1. The van der Waals surface area contributed by atoms with Crippen LogP contribution in [0.25, 0.3) is 0 Å². The molecule has 1 rings (SSSR count). The largest absolute Gasteiger partial charge is 0.463 e. The van der Waals surface area contributed by atoms with E-state index in [1.54, 1.807) is 0 Å². The van der Waals surface area contributed by atoms with Crippen molar-refractivity contribution in [3.8, 4) is 0 Å². The average molecular weight is 288 g/mol. The van der Waals surface area contributed by atoms with Crippen LogP contribution in [0.2, 0.25) is 0 Å². The Labute approximate surface area is 114 Å². The molecular weight excluding hydrogens is 272 g/mol. The van der Waals surface area contributed by atoms with Crippen molar-refractivity contribution in [1.82, 2.24) is 5.06 Å². The third-order valence-corrected chi connectivity index (χ3v) is 2.34. The van der Waals surface area contributed by atoms with Gasteiger partial charge in [-0.2, -0.15) is 0 Å². The molecule has 9 nitrogen and oxygen atoms in total. The Kier molecular flexibility index (Phi) is 6.60. The van der Waals surface area contributed by atoms with Crippen LogP contribution in [-0.4, -0.2) is 48.8 Å². The number of nitrogens with two attached hydrogens (primary N) is 1. The summed E-state index contributed by atoms with van der Waals surface area (Å²) in [5, 5.41) is 0.433. The number of hydroxylamine groups is 2. The van der Waals surface area contributed by atoms with Gasteiger partial charge in [-0.1, -0.05) is 0 Å². The number of carbonyl (C=O) groups excluding carboxylic acids is 4. The second kappa shape index (κ2) is 8.23. The van der Waals surface area contributed by atoms with Gasteiger partial charge in [0, 0.05) is 12.8 Å². The minimum absolute atomic E-state index is 0.0231. The summed E-state index contributed by atoms with van der Waals surface area (Å²) in [5.41, 5.74) is 5.06. The maximum absolute atomic E-state index is 11.4. The zero-order chi connectivity index (χ0) is 15.0. The van der Waals surface area contributed by atoms with Crippen LogP contribution in [0, 0.1) is 0 Å². The minimum Gasteiger partial charge on any atom is -0.463 e. The number of hydrogen-bond donors (Lipinski definition) is 1. The number of ether oxygens (including phenoxy) is 2. The second-order valence-electron chi connectivity index (χ2n) is 3.84. The first-order valence-electron chi connectivity index (χ1n) is 6.04. The van der Waals surface area contributed by atoms with E-state index in [2.05, 4.69) is 4.84 Å². The van der Waals surface area contributed by atoms with Crippen molar-refractivity contribution in [2.45, 2.75) is 25.7 Å². The zero-order valence-electron chi connectivity index (χ0n) is 10.8. The summed E-state index contributed by atoms with van der Waals surface area (Å²) in [5.74, 6) is -2.58. The lowest BCUT2D eigenvalue weighted by Crippen LogP contribution is -2.32. The van der Waals surface area contributed by atoms with Crippen LogP contribution in [0.15, 0.2) is 0 Å². The lowest BCUT2D eigenvalue weighted by atomic mass is 10.3. The molecule has 2 N–H and O–H groups in total. The molecule has 0 aliphatic carbocycles. The van der Waals surface area contributed by atoms with E-state index < -0.39 is 23.8 Å². The Hall–Kier alpha value is -2.00. The van der Waals surface area contributed by atoms with E-state index in [-0.39, 0.29) is 45.6 Å². The molecule has 0 aromatic heterocycles. The summed E-state index contributed by atoms with van der Waals surface area (Å²) in [6.07, 6.45) is -0.448. The van der Waals surface area contributed by atoms with E-state index in [1.165, 1.54) is 0 Å². The molecule has 0 aromatic rings. The summed E-state index contributed by atoms with van der Waals surface area (Å²) < 4.78 is 9.48.